The minimum atomic E-state index is -1.68. The second kappa shape index (κ2) is 5.28. The number of carbonyl (C=O) groups is 1. The van der Waals surface area contributed by atoms with E-state index >= 15 is 0 Å². The first-order chi connectivity index (χ1) is 7.88. The van der Waals surface area contributed by atoms with Crippen molar-refractivity contribution in [2.24, 2.45) is 0 Å². The predicted octanol–water partition coefficient (Wildman–Crippen LogP) is -2.30. The van der Waals surface area contributed by atoms with Gasteiger partial charge in [-0.3, -0.25) is 0 Å². The van der Waals surface area contributed by atoms with Gasteiger partial charge in [-0.2, -0.15) is 0 Å². The molecule has 0 fully saturated rings. The van der Waals surface area contributed by atoms with Crippen LogP contribution in [0.5, 0.6) is 0 Å². The largest absolute Gasteiger partial charge is 0.545 e. The molecular weight excluding hydrogens is 232 g/mol. The maximum Gasteiger partial charge on any atom is 0.140 e. The predicted molar refractivity (Wildman–Crippen MR) is 51.8 cm³/mol. The number of carboxylic acid groups (broad SMARTS) is 1. The van der Waals surface area contributed by atoms with Crippen LogP contribution in [0.25, 0.3) is 0 Å². The summed E-state index contributed by atoms with van der Waals surface area (Å²) in [4.78, 5) is 10.6. The SMILES string of the molecule is Cc1oc([C@H](O)[C@@H](O)[C@H](O)CO)cc1C(=O)[O-]. The van der Waals surface area contributed by atoms with Crippen molar-refractivity contribution in [1.82, 2.24) is 0 Å². The van der Waals surface area contributed by atoms with E-state index in [-0.39, 0.29) is 17.1 Å². The average Bonchev–Trinajstić information content (AvgIpc) is 2.68. The van der Waals surface area contributed by atoms with Crippen LogP contribution in [-0.2, 0) is 0 Å². The maximum absolute atomic E-state index is 10.6. The van der Waals surface area contributed by atoms with Crippen molar-refractivity contribution in [3.8, 4) is 0 Å². The molecule has 0 radical (unpaired) electrons. The highest BCUT2D eigenvalue weighted by atomic mass is 16.4. The van der Waals surface area contributed by atoms with Crippen LogP contribution in [0.2, 0.25) is 0 Å². The fourth-order valence-electron chi connectivity index (χ4n) is 1.34. The van der Waals surface area contributed by atoms with Crippen molar-refractivity contribution < 1.29 is 34.7 Å². The lowest BCUT2D eigenvalue weighted by atomic mass is 10.1. The lowest BCUT2D eigenvalue weighted by Gasteiger charge is -2.19. The lowest BCUT2D eigenvalue weighted by Crippen LogP contribution is -2.34. The molecule has 0 bridgehead atoms. The second-order valence-corrected chi connectivity index (χ2v) is 3.59. The molecule has 96 valence electrons. The summed E-state index contributed by atoms with van der Waals surface area (Å²) >= 11 is 0. The number of rotatable bonds is 5. The monoisotopic (exact) mass is 245 g/mol. The van der Waals surface area contributed by atoms with Gasteiger partial charge in [0.05, 0.1) is 12.6 Å². The second-order valence-electron chi connectivity index (χ2n) is 3.59. The van der Waals surface area contributed by atoms with Crippen LogP contribution in [0.3, 0.4) is 0 Å². The number of carbonyl (C=O) groups excluding carboxylic acids is 1. The molecular formula is C10H13O7-. The minimum absolute atomic E-state index is 0.0183. The highest BCUT2D eigenvalue weighted by Gasteiger charge is 2.28. The molecule has 0 aliphatic heterocycles. The topological polar surface area (TPSA) is 134 Å². The zero-order chi connectivity index (χ0) is 13.2. The van der Waals surface area contributed by atoms with E-state index in [0.29, 0.717) is 0 Å². The summed E-state index contributed by atoms with van der Waals surface area (Å²) in [6, 6.07) is 1.00. The van der Waals surface area contributed by atoms with Gasteiger partial charge in [0.1, 0.15) is 29.8 Å². The van der Waals surface area contributed by atoms with E-state index in [1.54, 1.807) is 0 Å². The Morgan fingerprint density at radius 3 is 2.47 bits per heavy atom. The van der Waals surface area contributed by atoms with Crippen molar-refractivity contribution in [2.75, 3.05) is 6.61 Å². The number of hydrogen-bond acceptors (Lipinski definition) is 7. The van der Waals surface area contributed by atoms with Gasteiger partial charge in [-0.15, -0.1) is 0 Å². The molecule has 0 aromatic carbocycles. The third-order valence-electron chi connectivity index (χ3n) is 2.35. The summed E-state index contributed by atoms with van der Waals surface area (Å²) in [6.45, 7) is 0.613. The smallest absolute Gasteiger partial charge is 0.140 e. The third-order valence-corrected chi connectivity index (χ3v) is 2.35. The number of furan rings is 1. The van der Waals surface area contributed by atoms with E-state index in [1.807, 2.05) is 0 Å². The van der Waals surface area contributed by atoms with E-state index in [0.717, 1.165) is 6.07 Å². The maximum atomic E-state index is 10.6. The first-order valence-corrected chi connectivity index (χ1v) is 4.85. The lowest BCUT2D eigenvalue weighted by molar-refractivity contribution is -0.255. The van der Waals surface area contributed by atoms with Gasteiger partial charge in [0.15, 0.2) is 0 Å². The molecule has 17 heavy (non-hydrogen) atoms. The average molecular weight is 245 g/mol. The molecule has 0 saturated heterocycles. The van der Waals surface area contributed by atoms with Crippen molar-refractivity contribution in [3.63, 3.8) is 0 Å². The zero-order valence-electron chi connectivity index (χ0n) is 9.03. The molecule has 7 nitrogen and oxygen atoms in total. The van der Waals surface area contributed by atoms with Crippen LogP contribution in [0.1, 0.15) is 28.0 Å². The van der Waals surface area contributed by atoms with Gasteiger partial charge in [0.25, 0.3) is 0 Å². The fourth-order valence-corrected chi connectivity index (χ4v) is 1.34. The number of aliphatic hydroxyl groups is 4. The Hall–Kier alpha value is -1.41. The Morgan fingerprint density at radius 2 is 2.06 bits per heavy atom. The Kier molecular flexibility index (Phi) is 4.24. The zero-order valence-corrected chi connectivity index (χ0v) is 9.03. The van der Waals surface area contributed by atoms with Crippen LogP contribution in [-0.4, -0.2) is 45.2 Å². The van der Waals surface area contributed by atoms with Crippen molar-refractivity contribution in [3.05, 3.63) is 23.2 Å². The molecule has 3 atom stereocenters. The Morgan fingerprint density at radius 1 is 1.47 bits per heavy atom. The number of aliphatic hydroxyl groups excluding tert-OH is 4. The molecule has 1 heterocycles. The molecule has 0 aliphatic carbocycles. The quantitative estimate of drug-likeness (QED) is 0.458. The van der Waals surface area contributed by atoms with E-state index in [9.17, 15) is 20.1 Å². The molecule has 0 amide bonds. The first-order valence-electron chi connectivity index (χ1n) is 4.85. The van der Waals surface area contributed by atoms with Crippen molar-refractivity contribution in [1.29, 1.82) is 0 Å². The van der Waals surface area contributed by atoms with E-state index < -0.39 is 30.9 Å². The van der Waals surface area contributed by atoms with Gasteiger partial charge in [0, 0.05) is 5.56 Å². The first kappa shape index (κ1) is 13.7. The minimum Gasteiger partial charge on any atom is -0.545 e. The van der Waals surface area contributed by atoms with Crippen molar-refractivity contribution in [2.45, 2.75) is 25.2 Å². The number of carboxylic acids is 1. The Bertz CT molecular complexity index is 397. The fraction of sp³-hybridized carbons (Fsp3) is 0.500. The Labute approximate surface area is 96.5 Å². The standard InChI is InChI=1S/C10H14O7/c1-4-5(10(15)16)2-7(17-4)9(14)8(13)6(12)3-11/h2,6,8-9,11-14H,3H2,1H3,(H,15,16)/p-1/t6-,8+,9+/m1/s1. The van der Waals surface area contributed by atoms with Gasteiger partial charge >= 0.3 is 0 Å². The normalized spacial score (nSPS) is 16.5. The molecule has 0 unspecified atom stereocenters. The summed E-state index contributed by atoms with van der Waals surface area (Å²) in [7, 11) is 0. The molecule has 4 N–H and O–H groups in total. The molecule has 1 aromatic heterocycles. The molecule has 0 saturated carbocycles. The molecule has 0 spiro atoms. The summed E-state index contributed by atoms with van der Waals surface area (Å²) in [5, 5.41) is 47.3. The van der Waals surface area contributed by atoms with Gasteiger partial charge in [-0.1, -0.05) is 0 Å². The van der Waals surface area contributed by atoms with Gasteiger partial charge in [0.2, 0.25) is 0 Å². The third kappa shape index (κ3) is 2.83. The van der Waals surface area contributed by atoms with E-state index in [1.165, 1.54) is 6.92 Å². The summed E-state index contributed by atoms with van der Waals surface area (Å²) in [5.74, 6) is -1.67. The van der Waals surface area contributed by atoms with E-state index in [4.69, 9.17) is 14.6 Å². The number of hydrogen-bond donors (Lipinski definition) is 4. The highest BCUT2D eigenvalue weighted by molar-refractivity contribution is 5.87. The van der Waals surface area contributed by atoms with Gasteiger partial charge in [-0.25, -0.2) is 0 Å². The molecule has 1 aromatic rings. The van der Waals surface area contributed by atoms with E-state index in [2.05, 4.69) is 0 Å². The molecule has 0 aliphatic rings. The van der Waals surface area contributed by atoms with Crippen molar-refractivity contribution >= 4 is 5.97 Å². The van der Waals surface area contributed by atoms with Crippen LogP contribution in [0.4, 0.5) is 0 Å². The van der Waals surface area contributed by atoms with Crippen LogP contribution in [0, 0.1) is 6.92 Å². The van der Waals surface area contributed by atoms with Gasteiger partial charge in [-0.05, 0) is 13.0 Å². The van der Waals surface area contributed by atoms with Crippen LogP contribution < -0.4 is 5.11 Å². The number of aromatic carboxylic acids is 1. The van der Waals surface area contributed by atoms with Crippen LogP contribution >= 0.6 is 0 Å². The highest BCUT2D eigenvalue weighted by Crippen LogP contribution is 2.24. The van der Waals surface area contributed by atoms with Gasteiger partial charge < -0.3 is 34.7 Å². The van der Waals surface area contributed by atoms with Crippen LogP contribution in [0.15, 0.2) is 10.5 Å². The number of aryl methyl sites for hydroxylation is 1. The summed E-state index contributed by atoms with van der Waals surface area (Å²) in [5.41, 5.74) is -0.246. The summed E-state index contributed by atoms with van der Waals surface area (Å²) in [6.07, 6.45) is -4.87. The molecule has 1 rings (SSSR count). The Balaban J connectivity index is 2.93. The summed E-state index contributed by atoms with van der Waals surface area (Å²) < 4.78 is 4.93. The molecule has 7 heteroatoms.